The molecule has 0 unspecified atom stereocenters. The van der Waals surface area contributed by atoms with Crippen LogP contribution in [-0.4, -0.2) is 29.3 Å². The van der Waals surface area contributed by atoms with Gasteiger partial charge in [0.05, 0.1) is 0 Å². The molecule has 3 heteroatoms. The SMILES string of the molecule is C=CC[C@@H](CCCCCCCCC)OC(=S)N1CCCC1. The predicted molar refractivity (Wildman–Crippen MR) is 95.7 cm³/mol. The lowest BCUT2D eigenvalue weighted by molar-refractivity contribution is 0.153. The number of hydrogen-bond acceptors (Lipinski definition) is 2. The van der Waals surface area contributed by atoms with Crippen molar-refractivity contribution < 1.29 is 4.74 Å². The van der Waals surface area contributed by atoms with Crippen LogP contribution in [0.3, 0.4) is 0 Å². The zero-order valence-electron chi connectivity index (χ0n) is 13.8. The molecule has 1 fully saturated rings. The fraction of sp³-hybridized carbons (Fsp3) is 0.833. The van der Waals surface area contributed by atoms with Gasteiger partial charge in [-0.05, 0) is 37.9 Å². The molecule has 21 heavy (non-hydrogen) atoms. The highest BCUT2D eigenvalue weighted by atomic mass is 32.1. The van der Waals surface area contributed by atoms with E-state index in [2.05, 4.69) is 18.4 Å². The maximum Gasteiger partial charge on any atom is 0.259 e. The van der Waals surface area contributed by atoms with E-state index < -0.39 is 0 Å². The molecule has 0 aliphatic carbocycles. The van der Waals surface area contributed by atoms with Crippen LogP contribution in [0.25, 0.3) is 0 Å². The van der Waals surface area contributed by atoms with Crippen molar-refractivity contribution in [1.29, 1.82) is 0 Å². The van der Waals surface area contributed by atoms with E-state index in [1.807, 2.05) is 6.08 Å². The molecule has 1 saturated heterocycles. The molecular weight excluding hydrogens is 278 g/mol. The quantitative estimate of drug-likeness (QED) is 0.285. The smallest absolute Gasteiger partial charge is 0.259 e. The first-order valence-electron chi connectivity index (χ1n) is 8.84. The minimum Gasteiger partial charge on any atom is -0.467 e. The number of unbranched alkanes of at least 4 members (excludes halogenated alkanes) is 6. The third-order valence-corrected chi connectivity index (χ3v) is 4.55. The summed E-state index contributed by atoms with van der Waals surface area (Å²) in [5.41, 5.74) is 0. The number of ether oxygens (including phenoxy) is 1. The summed E-state index contributed by atoms with van der Waals surface area (Å²) in [5, 5.41) is 0.710. The first-order valence-corrected chi connectivity index (χ1v) is 9.25. The summed E-state index contributed by atoms with van der Waals surface area (Å²) in [6, 6.07) is 0. The van der Waals surface area contributed by atoms with Crippen molar-refractivity contribution in [2.24, 2.45) is 0 Å². The van der Waals surface area contributed by atoms with E-state index in [-0.39, 0.29) is 6.10 Å². The van der Waals surface area contributed by atoms with E-state index >= 15 is 0 Å². The van der Waals surface area contributed by atoms with Gasteiger partial charge in [0.2, 0.25) is 0 Å². The van der Waals surface area contributed by atoms with E-state index in [4.69, 9.17) is 17.0 Å². The van der Waals surface area contributed by atoms with Gasteiger partial charge in [-0.3, -0.25) is 0 Å². The lowest BCUT2D eigenvalue weighted by Gasteiger charge is -2.24. The number of hydrogen-bond donors (Lipinski definition) is 0. The molecule has 122 valence electrons. The summed E-state index contributed by atoms with van der Waals surface area (Å²) in [4.78, 5) is 2.20. The van der Waals surface area contributed by atoms with Crippen molar-refractivity contribution in [3.8, 4) is 0 Å². The van der Waals surface area contributed by atoms with Gasteiger partial charge in [0.25, 0.3) is 5.17 Å². The van der Waals surface area contributed by atoms with Gasteiger partial charge in [-0.15, -0.1) is 6.58 Å². The highest BCUT2D eigenvalue weighted by Crippen LogP contribution is 2.16. The minimum absolute atomic E-state index is 0.228. The first kappa shape index (κ1) is 18.5. The molecule has 1 rings (SSSR count). The standard InChI is InChI=1S/C18H33NOS/c1-3-5-6-7-8-9-10-14-17(13-4-2)20-18(21)19-15-11-12-16-19/h4,17H,2-3,5-16H2,1H3/t17-/m0/s1. The van der Waals surface area contributed by atoms with Crippen LogP contribution in [0.15, 0.2) is 12.7 Å². The van der Waals surface area contributed by atoms with Gasteiger partial charge in [-0.25, -0.2) is 0 Å². The van der Waals surface area contributed by atoms with E-state index in [9.17, 15) is 0 Å². The third-order valence-electron chi connectivity index (χ3n) is 4.19. The molecule has 1 aliphatic heterocycles. The topological polar surface area (TPSA) is 12.5 Å². The van der Waals surface area contributed by atoms with Crippen molar-refractivity contribution in [2.75, 3.05) is 13.1 Å². The Hall–Kier alpha value is -0.570. The number of thiocarbonyl (C=S) groups is 1. The van der Waals surface area contributed by atoms with Gasteiger partial charge in [0.1, 0.15) is 6.10 Å². The fourth-order valence-corrected chi connectivity index (χ4v) is 3.18. The van der Waals surface area contributed by atoms with Crippen molar-refractivity contribution >= 4 is 17.4 Å². The second kappa shape index (κ2) is 12.0. The molecular formula is C18H33NOS. The predicted octanol–water partition coefficient (Wildman–Crippen LogP) is 5.47. The molecule has 0 aromatic carbocycles. The maximum absolute atomic E-state index is 6.01. The van der Waals surface area contributed by atoms with Gasteiger partial charge in [0.15, 0.2) is 0 Å². The Morgan fingerprint density at radius 2 is 1.76 bits per heavy atom. The average molecular weight is 312 g/mol. The van der Waals surface area contributed by atoms with Crippen molar-refractivity contribution in [1.82, 2.24) is 4.90 Å². The molecule has 0 amide bonds. The Kier molecular flexibility index (Phi) is 10.6. The summed E-state index contributed by atoms with van der Waals surface area (Å²) in [6.07, 6.45) is 16.1. The van der Waals surface area contributed by atoms with Crippen LogP contribution >= 0.6 is 12.2 Å². The number of nitrogens with zero attached hydrogens (tertiary/aromatic N) is 1. The Morgan fingerprint density at radius 1 is 1.14 bits per heavy atom. The highest BCUT2D eigenvalue weighted by Gasteiger charge is 2.19. The Labute approximate surface area is 136 Å². The van der Waals surface area contributed by atoms with Gasteiger partial charge >= 0.3 is 0 Å². The summed E-state index contributed by atoms with van der Waals surface area (Å²) in [5.74, 6) is 0. The van der Waals surface area contributed by atoms with Gasteiger partial charge < -0.3 is 9.64 Å². The third kappa shape index (κ3) is 8.45. The number of likely N-dealkylation sites (tertiary alicyclic amines) is 1. The fourth-order valence-electron chi connectivity index (χ4n) is 2.86. The molecule has 0 N–H and O–H groups in total. The molecule has 2 nitrogen and oxygen atoms in total. The van der Waals surface area contributed by atoms with Crippen LogP contribution in [0.2, 0.25) is 0 Å². The average Bonchev–Trinajstić information content (AvgIpc) is 3.00. The highest BCUT2D eigenvalue weighted by molar-refractivity contribution is 7.80. The van der Waals surface area contributed by atoms with Crippen LogP contribution in [0, 0.1) is 0 Å². The molecule has 1 heterocycles. The zero-order valence-corrected chi connectivity index (χ0v) is 14.6. The van der Waals surface area contributed by atoms with E-state index in [1.54, 1.807) is 0 Å². The van der Waals surface area contributed by atoms with E-state index in [0.29, 0.717) is 5.17 Å². The molecule has 0 aromatic heterocycles. The van der Waals surface area contributed by atoms with Crippen molar-refractivity contribution in [3.05, 3.63) is 12.7 Å². The summed E-state index contributed by atoms with van der Waals surface area (Å²) in [6.45, 7) is 8.24. The Morgan fingerprint density at radius 3 is 2.38 bits per heavy atom. The monoisotopic (exact) mass is 311 g/mol. The molecule has 0 radical (unpaired) electrons. The van der Waals surface area contributed by atoms with E-state index in [1.165, 1.54) is 57.8 Å². The number of rotatable bonds is 11. The molecule has 0 aromatic rings. The Bertz CT molecular complexity index is 287. The summed E-state index contributed by atoms with van der Waals surface area (Å²) >= 11 is 5.42. The zero-order chi connectivity index (χ0) is 15.3. The van der Waals surface area contributed by atoms with Gasteiger partial charge in [-0.2, -0.15) is 0 Å². The maximum atomic E-state index is 6.01. The second-order valence-electron chi connectivity index (χ2n) is 6.13. The van der Waals surface area contributed by atoms with Crippen LogP contribution in [0.5, 0.6) is 0 Å². The second-order valence-corrected chi connectivity index (χ2v) is 6.48. The van der Waals surface area contributed by atoms with Crippen molar-refractivity contribution in [2.45, 2.75) is 83.7 Å². The van der Waals surface area contributed by atoms with Crippen LogP contribution < -0.4 is 0 Å². The molecule has 1 aliphatic rings. The van der Waals surface area contributed by atoms with Crippen LogP contribution in [0.4, 0.5) is 0 Å². The first-order chi connectivity index (χ1) is 10.3. The van der Waals surface area contributed by atoms with Crippen molar-refractivity contribution in [3.63, 3.8) is 0 Å². The van der Waals surface area contributed by atoms with Gasteiger partial charge in [-0.1, -0.05) is 51.5 Å². The van der Waals surface area contributed by atoms with Gasteiger partial charge in [0, 0.05) is 19.5 Å². The molecule has 0 bridgehead atoms. The molecule has 1 atom stereocenters. The normalized spacial score (nSPS) is 16.0. The van der Waals surface area contributed by atoms with Crippen LogP contribution in [-0.2, 0) is 4.74 Å². The summed E-state index contributed by atoms with van der Waals surface area (Å²) in [7, 11) is 0. The van der Waals surface area contributed by atoms with E-state index in [0.717, 1.165) is 25.9 Å². The van der Waals surface area contributed by atoms with Crippen LogP contribution in [0.1, 0.15) is 77.6 Å². The largest absolute Gasteiger partial charge is 0.467 e. The molecule has 0 saturated carbocycles. The summed E-state index contributed by atoms with van der Waals surface area (Å²) < 4.78 is 6.01. The Balaban J connectivity index is 2.13. The lowest BCUT2D eigenvalue weighted by Crippen LogP contribution is -2.31. The lowest BCUT2D eigenvalue weighted by atomic mass is 10.0. The molecule has 0 spiro atoms. The minimum atomic E-state index is 0.228.